The monoisotopic (exact) mass is 385 g/mol. The van der Waals surface area contributed by atoms with Crippen LogP contribution in [-0.4, -0.2) is 26.3 Å². The van der Waals surface area contributed by atoms with E-state index in [9.17, 15) is 4.79 Å². The topological polar surface area (TPSA) is 47.8 Å². The Labute approximate surface area is 162 Å². The maximum absolute atomic E-state index is 12.4. The summed E-state index contributed by atoms with van der Waals surface area (Å²) in [5, 5.41) is 9.84. The molecule has 0 aliphatic rings. The van der Waals surface area contributed by atoms with Gasteiger partial charge in [-0.1, -0.05) is 61.0 Å². The number of carbonyl (C=O) groups excluding carboxylic acids is 1. The van der Waals surface area contributed by atoms with Crippen LogP contribution >= 0.6 is 23.4 Å². The van der Waals surface area contributed by atoms with Crippen molar-refractivity contribution in [2.24, 2.45) is 7.05 Å². The molecule has 2 aromatic carbocycles. The largest absolute Gasteiger partial charge is 0.305 e. The first-order valence-corrected chi connectivity index (χ1v) is 9.85. The van der Waals surface area contributed by atoms with Crippen molar-refractivity contribution in [1.29, 1.82) is 0 Å². The van der Waals surface area contributed by atoms with Crippen LogP contribution in [0.1, 0.15) is 29.3 Å². The first-order chi connectivity index (χ1) is 12.6. The first-order valence-electron chi connectivity index (χ1n) is 8.48. The van der Waals surface area contributed by atoms with E-state index in [0.29, 0.717) is 15.9 Å². The molecule has 4 nitrogen and oxygen atoms in total. The number of nitrogens with zero attached hydrogens (tertiary/aromatic N) is 3. The smallest absolute Gasteiger partial charge is 0.191 e. The molecule has 0 radical (unpaired) electrons. The van der Waals surface area contributed by atoms with Crippen LogP contribution in [-0.2, 0) is 13.5 Å². The van der Waals surface area contributed by atoms with Gasteiger partial charge in [-0.3, -0.25) is 4.79 Å². The molecule has 0 atom stereocenters. The zero-order valence-electron chi connectivity index (χ0n) is 14.8. The number of aryl methyl sites for hydroxylation is 1. The minimum atomic E-state index is 0.0918. The third-order valence-electron chi connectivity index (χ3n) is 4.08. The molecule has 0 aliphatic heterocycles. The molecule has 0 bridgehead atoms. The number of benzene rings is 2. The van der Waals surface area contributed by atoms with E-state index in [1.165, 1.54) is 17.3 Å². The second kappa shape index (κ2) is 8.52. The molecular formula is C20H20ClN3OS. The quantitative estimate of drug-likeness (QED) is 0.421. The Bertz CT molecular complexity index is 888. The highest BCUT2D eigenvalue weighted by Crippen LogP contribution is 2.24. The van der Waals surface area contributed by atoms with Crippen LogP contribution in [0.25, 0.3) is 11.4 Å². The summed E-state index contributed by atoms with van der Waals surface area (Å²) in [6.45, 7) is 2.15. The Hall–Kier alpha value is -2.11. The summed E-state index contributed by atoms with van der Waals surface area (Å²) < 4.78 is 1.89. The molecule has 1 heterocycles. The maximum Gasteiger partial charge on any atom is 0.191 e. The molecule has 0 spiro atoms. The normalized spacial score (nSPS) is 10.9. The molecule has 0 N–H and O–H groups in total. The van der Waals surface area contributed by atoms with Gasteiger partial charge in [0.05, 0.1) is 5.75 Å². The summed E-state index contributed by atoms with van der Waals surface area (Å²) in [5.74, 6) is 1.18. The molecule has 0 fully saturated rings. The molecular weight excluding hydrogens is 366 g/mol. The molecule has 0 saturated heterocycles. The van der Waals surface area contributed by atoms with E-state index >= 15 is 0 Å². The van der Waals surface area contributed by atoms with Gasteiger partial charge in [0.15, 0.2) is 16.8 Å². The Morgan fingerprint density at radius 3 is 2.42 bits per heavy atom. The van der Waals surface area contributed by atoms with E-state index in [-0.39, 0.29) is 5.78 Å². The molecule has 1 aromatic heterocycles. The minimum Gasteiger partial charge on any atom is -0.305 e. The second-order valence-corrected chi connectivity index (χ2v) is 7.41. The lowest BCUT2D eigenvalue weighted by Gasteiger charge is -2.05. The molecule has 3 rings (SSSR count). The average Bonchev–Trinajstić information content (AvgIpc) is 3.02. The third-order valence-corrected chi connectivity index (χ3v) is 5.36. The second-order valence-electron chi connectivity index (χ2n) is 6.03. The number of halogens is 1. The molecule has 0 aliphatic carbocycles. The van der Waals surface area contributed by atoms with Gasteiger partial charge in [0, 0.05) is 23.2 Å². The van der Waals surface area contributed by atoms with Crippen molar-refractivity contribution in [1.82, 2.24) is 14.8 Å². The zero-order chi connectivity index (χ0) is 18.5. The Kier molecular flexibility index (Phi) is 6.12. The number of thioether (sulfide) groups is 1. The van der Waals surface area contributed by atoms with E-state index in [1.54, 1.807) is 0 Å². The summed E-state index contributed by atoms with van der Waals surface area (Å²) in [6, 6.07) is 15.3. The van der Waals surface area contributed by atoms with Gasteiger partial charge in [-0.2, -0.15) is 0 Å². The molecule has 6 heteroatoms. The van der Waals surface area contributed by atoms with Gasteiger partial charge < -0.3 is 4.57 Å². The van der Waals surface area contributed by atoms with Crippen molar-refractivity contribution in [3.8, 4) is 11.4 Å². The van der Waals surface area contributed by atoms with Crippen molar-refractivity contribution >= 4 is 29.1 Å². The lowest BCUT2D eigenvalue weighted by Crippen LogP contribution is -2.04. The first kappa shape index (κ1) is 18.7. The summed E-state index contributed by atoms with van der Waals surface area (Å²) in [6.07, 6.45) is 2.14. The predicted molar refractivity (Wildman–Crippen MR) is 107 cm³/mol. The zero-order valence-corrected chi connectivity index (χ0v) is 16.3. The van der Waals surface area contributed by atoms with Crippen LogP contribution in [0.4, 0.5) is 0 Å². The Balaban J connectivity index is 1.66. The standard InChI is InChI=1S/C20H20ClN3OS/c1-3-4-14-5-7-15(8-6-14)18(25)13-26-20-23-22-19(24(20)2)16-9-11-17(21)12-10-16/h5-12H,3-4,13H2,1-2H3. The van der Waals surface area contributed by atoms with Crippen LogP contribution in [0.2, 0.25) is 5.02 Å². The molecule has 26 heavy (non-hydrogen) atoms. The van der Waals surface area contributed by atoms with Crippen molar-refractivity contribution in [2.45, 2.75) is 24.9 Å². The highest BCUT2D eigenvalue weighted by Gasteiger charge is 2.14. The van der Waals surface area contributed by atoms with Gasteiger partial charge in [-0.05, 0) is 36.2 Å². The van der Waals surface area contributed by atoms with Crippen molar-refractivity contribution < 1.29 is 4.79 Å². The SMILES string of the molecule is CCCc1ccc(C(=O)CSc2nnc(-c3ccc(Cl)cc3)n2C)cc1. The van der Waals surface area contributed by atoms with Crippen molar-refractivity contribution in [3.63, 3.8) is 0 Å². The number of rotatable bonds is 7. The number of hydrogen-bond acceptors (Lipinski definition) is 4. The lowest BCUT2D eigenvalue weighted by atomic mass is 10.1. The fourth-order valence-corrected chi connectivity index (χ4v) is 3.58. The van der Waals surface area contributed by atoms with E-state index in [2.05, 4.69) is 17.1 Å². The van der Waals surface area contributed by atoms with Gasteiger partial charge in [0.25, 0.3) is 0 Å². The predicted octanol–water partition coefficient (Wildman–Crippen LogP) is 5.06. The number of carbonyl (C=O) groups is 1. The van der Waals surface area contributed by atoms with Crippen LogP contribution in [0.15, 0.2) is 53.7 Å². The summed E-state index contributed by atoms with van der Waals surface area (Å²) in [5.41, 5.74) is 2.93. The van der Waals surface area contributed by atoms with E-state index in [4.69, 9.17) is 11.6 Å². The van der Waals surface area contributed by atoms with Crippen LogP contribution in [0.3, 0.4) is 0 Å². The van der Waals surface area contributed by atoms with Crippen LogP contribution < -0.4 is 0 Å². The fourth-order valence-electron chi connectivity index (χ4n) is 2.65. The van der Waals surface area contributed by atoms with Crippen LogP contribution in [0, 0.1) is 0 Å². The Morgan fingerprint density at radius 2 is 1.77 bits per heavy atom. The van der Waals surface area contributed by atoms with Gasteiger partial charge >= 0.3 is 0 Å². The van der Waals surface area contributed by atoms with E-state index < -0.39 is 0 Å². The van der Waals surface area contributed by atoms with Gasteiger partial charge in [-0.15, -0.1) is 10.2 Å². The number of Topliss-reactive ketones (excluding diaryl/α,β-unsaturated/α-hetero) is 1. The van der Waals surface area contributed by atoms with Gasteiger partial charge in [0.1, 0.15) is 0 Å². The summed E-state index contributed by atoms with van der Waals surface area (Å²) >= 11 is 7.33. The average molecular weight is 386 g/mol. The summed E-state index contributed by atoms with van der Waals surface area (Å²) in [7, 11) is 1.90. The minimum absolute atomic E-state index is 0.0918. The maximum atomic E-state index is 12.4. The van der Waals surface area contributed by atoms with Crippen molar-refractivity contribution in [2.75, 3.05) is 5.75 Å². The number of ketones is 1. The molecule has 0 unspecified atom stereocenters. The molecule has 3 aromatic rings. The molecule has 134 valence electrons. The molecule has 0 amide bonds. The van der Waals surface area contributed by atoms with Crippen LogP contribution in [0.5, 0.6) is 0 Å². The van der Waals surface area contributed by atoms with Gasteiger partial charge in [-0.25, -0.2) is 0 Å². The summed E-state index contributed by atoms with van der Waals surface area (Å²) in [4.78, 5) is 12.4. The highest BCUT2D eigenvalue weighted by atomic mass is 35.5. The Morgan fingerprint density at radius 1 is 1.08 bits per heavy atom. The van der Waals surface area contributed by atoms with Gasteiger partial charge in [0.2, 0.25) is 0 Å². The lowest BCUT2D eigenvalue weighted by molar-refractivity contribution is 0.102. The van der Waals surface area contributed by atoms with E-state index in [0.717, 1.165) is 29.8 Å². The highest BCUT2D eigenvalue weighted by molar-refractivity contribution is 7.99. The number of aromatic nitrogens is 3. The molecule has 0 saturated carbocycles. The third kappa shape index (κ3) is 4.34. The van der Waals surface area contributed by atoms with E-state index in [1.807, 2.05) is 60.1 Å². The number of hydrogen-bond donors (Lipinski definition) is 0. The van der Waals surface area contributed by atoms with Crippen molar-refractivity contribution in [3.05, 3.63) is 64.7 Å². The fraction of sp³-hybridized carbons (Fsp3) is 0.250.